The summed E-state index contributed by atoms with van der Waals surface area (Å²) < 4.78 is 10.6. The fourth-order valence-electron chi connectivity index (χ4n) is 5.00. The Balaban J connectivity index is 1.37. The highest BCUT2D eigenvalue weighted by Crippen LogP contribution is 2.36. The van der Waals surface area contributed by atoms with Crippen LogP contribution >= 0.6 is 0 Å². The molecule has 1 N–H and O–H groups in total. The zero-order valence-electron chi connectivity index (χ0n) is 18.9. The Hall–Kier alpha value is -3.02. The van der Waals surface area contributed by atoms with E-state index in [9.17, 15) is 9.59 Å². The van der Waals surface area contributed by atoms with E-state index in [-0.39, 0.29) is 23.7 Å². The van der Waals surface area contributed by atoms with Gasteiger partial charge in [0.1, 0.15) is 0 Å². The standard InChI is InChI=1S/C26H32N2O4/c1-31-23-12-11-18(17-24(23)32-2)13-15-27-25(29)20-8-4-5-9-21(20)26(30)28-16-14-19-7-3-6-10-22(19)28/h3,6-7,10-12,17,20-21H,4-5,8-9,13-16H2,1-2H3,(H,27,29). The fraction of sp³-hybridized carbons (Fsp3) is 0.462. The van der Waals surface area contributed by atoms with Gasteiger partial charge >= 0.3 is 0 Å². The first kappa shape index (κ1) is 22.2. The van der Waals surface area contributed by atoms with Crippen LogP contribution in [0.1, 0.15) is 36.8 Å². The van der Waals surface area contributed by atoms with Crippen molar-refractivity contribution in [3.8, 4) is 11.5 Å². The molecule has 0 saturated heterocycles. The van der Waals surface area contributed by atoms with E-state index in [2.05, 4.69) is 11.4 Å². The van der Waals surface area contributed by atoms with Crippen molar-refractivity contribution in [3.63, 3.8) is 0 Å². The van der Waals surface area contributed by atoms with Crippen molar-refractivity contribution in [3.05, 3.63) is 53.6 Å². The number of methoxy groups -OCH3 is 2. The summed E-state index contributed by atoms with van der Waals surface area (Å²) in [7, 11) is 3.22. The summed E-state index contributed by atoms with van der Waals surface area (Å²) in [6, 6.07) is 13.9. The summed E-state index contributed by atoms with van der Waals surface area (Å²) >= 11 is 0. The lowest BCUT2D eigenvalue weighted by Crippen LogP contribution is -2.45. The summed E-state index contributed by atoms with van der Waals surface area (Å²) in [5.41, 5.74) is 3.29. The maximum Gasteiger partial charge on any atom is 0.230 e. The highest BCUT2D eigenvalue weighted by atomic mass is 16.5. The molecule has 2 amide bonds. The van der Waals surface area contributed by atoms with E-state index in [4.69, 9.17) is 9.47 Å². The number of hydrogen-bond acceptors (Lipinski definition) is 4. The van der Waals surface area contributed by atoms with E-state index in [1.807, 2.05) is 41.3 Å². The molecule has 2 atom stereocenters. The number of nitrogens with zero attached hydrogens (tertiary/aromatic N) is 1. The Bertz CT molecular complexity index is 974. The second-order valence-electron chi connectivity index (χ2n) is 8.60. The number of amides is 2. The van der Waals surface area contributed by atoms with Crippen LogP contribution in [0.25, 0.3) is 0 Å². The van der Waals surface area contributed by atoms with Crippen molar-refractivity contribution < 1.29 is 19.1 Å². The van der Waals surface area contributed by atoms with Crippen molar-refractivity contribution in [2.24, 2.45) is 11.8 Å². The van der Waals surface area contributed by atoms with Crippen molar-refractivity contribution in [2.45, 2.75) is 38.5 Å². The smallest absolute Gasteiger partial charge is 0.230 e. The number of anilines is 1. The quantitative estimate of drug-likeness (QED) is 0.718. The molecule has 32 heavy (non-hydrogen) atoms. The highest BCUT2D eigenvalue weighted by molar-refractivity contribution is 5.99. The van der Waals surface area contributed by atoms with E-state index in [1.165, 1.54) is 5.56 Å². The molecule has 2 aliphatic rings. The van der Waals surface area contributed by atoms with Crippen LogP contribution in [-0.2, 0) is 22.4 Å². The third-order valence-electron chi connectivity index (χ3n) is 6.73. The first-order chi connectivity index (χ1) is 15.6. The zero-order chi connectivity index (χ0) is 22.5. The summed E-state index contributed by atoms with van der Waals surface area (Å²) in [5, 5.41) is 3.08. The molecule has 2 unspecified atom stereocenters. The number of benzene rings is 2. The Morgan fingerprint density at radius 3 is 2.53 bits per heavy atom. The lowest BCUT2D eigenvalue weighted by atomic mass is 9.77. The highest BCUT2D eigenvalue weighted by Gasteiger charge is 2.39. The van der Waals surface area contributed by atoms with Crippen LogP contribution in [0, 0.1) is 11.8 Å². The predicted octanol–water partition coefficient (Wildman–Crippen LogP) is 3.76. The van der Waals surface area contributed by atoms with E-state index in [0.717, 1.165) is 43.4 Å². The molecule has 170 valence electrons. The molecule has 0 aromatic heterocycles. The molecule has 1 aliphatic carbocycles. The number of hydrogen-bond donors (Lipinski definition) is 1. The molecular formula is C26H32N2O4. The molecule has 0 bridgehead atoms. The van der Waals surface area contributed by atoms with Gasteiger partial charge in [-0.3, -0.25) is 9.59 Å². The van der Waals surface area contributed by atoms with Gasteiger partial charge in [0, 0.05) is 24.7 Å². The van der Waals surface area contributed by atoms with Crippen LogP contribution in [0.4, 0.5) is 5.69 Å². The van der Waals surface area contributed by atoms with Crippen LogP contribution in [0.3, 0.4) is 0 Å². The fourth-order valence-corrected chi connectivity index (χ4v) is 5.00. The van der Waals surface area contributed by atoms with E-state index in [0.29, 0.717) is 31.0 Å². The Labute approximate surface area is 189 Å². The third-order valence-corrected chi connectivity index (χ3v) is 6.73. The van der Waals surface area contributed by atoms with Gasteiger partial charge in [-0.1, -0.05) is 37.1 Å². The van der Waals surface area contributed by atoms with Crippen LogP contribution < -0.4 is 19.7 Å². The number of carbonyl (C=O) groups excluding carboxylic acids is 2. The molecule has 2 aromatic carbocycles. The average molecular weight is 437 g/mol. The van der Waals surface area contributed by atoms with Gasteiger partial charge in [0.05, 0.1) is 20.1 Å². The number of nitrogens with one attached hydrogen (secondary N) is 1. The molecular weight excluding hydrogens is 404 g/mol. The third kappa shape index (κ3) is 4.59. The molecule has 2 aromatic rings. The molecule has 1 saturated carbocycles. The van der Waals surface area contributed by atoms with Crippen LogP contribution in [-0.4, -0.2) is 39.1 Å². The van der Waals surface area contributed by atoms with Crippen molar-refractivity contribution in [2.75, 3.05) is 32.2 Å². The molecule has 1 fully saturated rings. The van der Waals surface area contributed by atoms with E-state index in [1.54, 1.807) is 14.2 Å². The minimum atomic E-state index is -0.255. The van der Waals surface area contributed by atoms with Gasteiger partial charge < -0.3 is 19.7 Å². The van der Waals surface area contributed by atoms with Gasteiger partial charge in [0.25, 0.3) is 0 Å². The normalized spacial score (nSPS) is 19.9. The predicted molar refractivity (Wildman–Crippen MR) is 124 cm³/mol. The number of ether oxygens (including phenoxy) is 2. The van der Waals surface area contributed by atoms with Crippen molar-refractivity contribution in [1.82, 2.24) is 5.32 Å². The lowest BCUT2D eigenvalue weighted by Gasteiger charge is -2.32. The monoisotopic (exact) mass is 436 g/mol. The summed E-state index contributed by atoms with van der Waals surface area (Å²) in [6.07, 6.45) is 5.13. The van der Waals surface area contributed by atoms with Gasteiger partial charge in [-0.05, 0) is 55.0 Å². The second-order valence-corrected chi connectivity index (χ2v) is 8.60. The number of para-hydroxylation sites is 1. The zero-order valence-corrected chi connectivity index (χ0v) is 18.9. The average Bonchev–Trinajstić information content (AvgIpc) is 3.27. The molecule has 0 radical (unpaired) electrons. The minimum absolute atomic E-state index is 0.00370. The van der Waals surface area contributed by atoms with Crippen molar-refractivity contribution >= 4 is 17.5 Å². The van der Waals surface area contributed by atoms with Gasteiger partial charge in [-0.15, -0.1) is 0 Å². The molecule has 1 aliphatic heterocycles. The molecule has 4 rings (SSSR count). The van der Waals surface area contributed by atoms with Gasteiger partial charge in [0.15, 0.2) is 11.5 Å². The molecule has 0 spiro atoms. The maximum absolute atomic E-state index is 13.4. The van der Waals surface area contributed by atoms with Crippen molar-refractivity contribution in [1.29, 1.82) is 0 Å². The number of rotatable bonds is 7. The largest absolute Gasteiger partial charge is 0.493 e. The Kier molecular flexibility index (Phi) is 6.98. The summed E-state index contributed by atoms with van der Waals surface area (Å²) in [6.45, 7) is 1.24. The Morgan fingerprint density at radius 2 is 1.75 bits per heavy atom. The first-order valence-corrected chi connectivity index (χ1v) is 11.5. The number of fused-ring (bicyclic) bond motifs is 1. The maximum atomic E-state index is 13.4. The lowest BCUT2D eigenvalue weighted by molar-refractivity contribution is -0.135. The van der Waals surface area contributed by atoms with Crippen LogP contribution in [0.5, 0.6) is 11.5 Å². The van der Waals surface area contributed by atoms with Crippen LogP contribution in [0.15, 0.2) is 42.5 Å². The first-order valence-electron chi connectivity index (χ1n) is 11.5. The molecule has 6 heteroatoms. The summed E-state index contributed by atoms with van der Waals surface area (Å²) in [4.78, 5) is 28.4. The van der Waals surface area contributed by atoms with Gasteiger partial charge in [0.2, 0.25) is 11.8 Å². The molecule has 6 nitrogen and oxygen atoms in total. The van der Waals surface area contributed by atoms with Gasteiger partial charge in [-0.25, -0.2) is 0 Å². The molecule has 1 heterocycles. The minimum Gasteiger partial charge on any atom is -0.493 e. The second kappa shape index (κ2) is 10.1. The van der Waals surface area contributed by atoms with Gasteiger partial charge in [-0.2, -0.15) is 0 Å². The summed E-state index contributed by atoms with van der Waals surface area (Å²) in [5.74, 6) is 0.976. The topological polar surface area (TPSA) is 67.9 Å². The van der Waals surface area contributed by atoms with E-state index >= 15 is 0 Å². The SMILES string of the molecule is COc1ccc(CCNC(=O)C2CCCCC2C(=O)N2CCc3ccccc32)cc1OC. The Morgan fingerprint density at radius 1 is 1.00 bits per heavy atom. The van der Waals surface area contributed by atoms with E-state index < -0.39 is 0 Å². The van der Waals surface area contributed by atoms with Crippen LogP contribution in [0.2, 0.25) is 0 Å². The number of carbonyl (C=O) groups is 2.